The normalized spacial score (nSPS) is 14.1. The van der Waals surface area contributed by atoms with Gasteiger partial charge < -0.3 is 19.7 Å². The lowest BCUT2D eigenvalue weighted by Gasteiger charge is -2.30. The number of amides is 1. The van der Waals surface area contributed by atoms with E-state index < -0.39 is 0 Å². The minimum absolute atomic E-state index is 0.225. The van der Waals surface area contributed by atoms with E-state index in [1.807, 2.05) is 43.3 Å². The second-order valence-corrected chi connectivity index (χ2v) is 7.33. The summed E-state index contributed by atoms with van der Waals surface area (Å²) in [5, 5.41) is 4.43. The molecule has 150 valence electrons. The predicted molar refractivity (Wildman–Crippen MR) is 115 cm³/mol. The van der Waals surface area contributed by atoms with Crippen LogP contribution in [0.2, 0.25) is 5.02 Å². The molecule has 2 aromatic carbocycles. The van der Waals surface area contributed by atoms with Crippen molar-refractivity contribution < 1.29 is 14.3 Å². The van der Waals surface area contributed by atoms with Gasteiger partial charge in [-0.1, -0.05) is 11.6 Å². The number of nitrogens with one attached hydrogen (secondary N) is 1. The second-order valence-electron chi connectivity index (χ2n) is 6.89. The summed E-state index contributed by atoms with van der Waals surface area (Å²) in [5.74, 6) is 0.496. The minimum atomic E-state index is -0.225. The van der Waals surface area contributed by atoms with E-state index in [-0.39, 0.29) is 5.91 Å². The van der Waals surface area contributed by atoms with E-state index in [1.54, 1.807) is 13.2 Å². The van der Waals surface area contributed by atoms with Gasteiger partial charge >= 0.3 is 0 Å². The Morgan fingerprint density at radius 2 is 1.97 bits per heavy atom. The highest BCUT2D eigenvalue weighted by Gasteiger charge is 2.19. The molecule has 1 amide bonds. The number of carbonyl (C=O) groups excluding carboxylic acids is 1. The average molecular weight is 412 g/mol. The number of methoxy groups -OCH3 is 1. The molecule has 0 spiro atoms. The van der Waals surface area contributed by atoms with Crippen molar-refractivity contribution in [3.63, 3.8) is 0 Å². The highest BCUT2D eigenvalue weighted by Crippen LogP contribution is 2.31. The summed E-state index contributed by atoms with van der Waals surface area (Å²) in [6.07, 6.45) is 0. The molecule has 1 aromatic heterocycles. The quantitative estimate of drug-likeness (QED) is 0.693. The number of hydrogen-bond acceptors (Lipinski definition) is 5. The number of hydrogen-bond donors (Lipinski definition) is 1. The van der Waals surface area contributed by atoms with Gasteiger partial charge in [-0.3, -0.25) is 9.78 Å². The Kier molecular flexibility index (Phi) is 5.56. The molecule has 0 bridgehead atoms. The van der Waals surface area contributed by atoms with Crippen LogP contribution >= 0.6 is 11.6 Å². The van der Waals surface area contributed by atoms with Gasteiger partial charge in [-0.2, -0.15) is 0 Å². The molecule has 0 unspecified atom stereocenters. The molecule has 0 saturated carbocycles. The van der Waals surface area contributed by atoms with Crippen LogP contribution in [0.1, 0.15) is 16.1 Å². The van der Waals surface area contributed by atoms with Gasteiger partial charge in [-0.05, 0) is 49.4 Å². The van der Waals surface area contributed by atoms with Crippen LogP contribution in [0.4, 0.5) is 11.4 Å². The standard InChI is InChI=1S/C22H22ClN3O3/c1-14-18(12-15-11-17(28-2)4-5-19(15)24-14)22(27)25-20-13-16(23)3-6-21(20)26-7-9-29-10-8-26/h3-6,11-13H,7-10H2,1-2H3,(H,25,27). The van der Waals surface area contributed by atoms with Crippen LogP contribution in [0.5, 0.6) is 5.75 Å². The molecule has 1 aliphatic heterocycles. The van der Waals surface area contributed by atoms with E-state index in [2.05, 4.69) is 15.2 Å². The smallest absolute Gasteiger partial charge is 0.257 e. The van der Waals surface area contributed by atoms with E-state index >= 15 is 0 Å². The van der Waals surface area contributed by atoms with Gasteiger partial charge in [0.1, 0.15) is 5.75 Å². The zero-order chi connectivity index (χ0) is 20.4. The minimum Gasteiger partial charge on any atom is -0.497 e. The Hall–Kier alpha value is -2.83. The number of rotatable bonds is 4. The largest absolute Gasteiger partial charge is 0.497 e. The number of aryl methyl sites for hydroxylation is 1. The fourth-order valence-electron chi connectivity index (χ4n) is 3.49. The first-order valence-corrected chi connectivity index (χ1v) is 9.82. The SMILES string of the molecule is COc1ccc2nc(C)c(C(=O)Nc3cc(Cl)ccc3N3CCOCC3)cc2c1. The fraction of sp³-hybridized carbons (Fsp3) is 0.273. The van der Waals surface area contributed by atoms with Gasteiger partial charge in [0.2, 0.25) is 0 Å². The van der Waals surface area contributed by atoms with Crippen molar-refractivity contribution in [3.8, 4) is 5.75 Å². The third-order valence-corrected chi connectivity index (χ3v) is 5.25. The van der Waals surface area contributed by atoms with Crippen molar-refractivity contribution in [2.24, 2.45) is 0 Å². The number of nitrogens with zero attached hydrogens (tertiary/aromatic N) is 2. The monoisotopic (exact) mass is 411 g/mol. The van der Waals surface area contributed by atoms with Crippen LogP contribution in [0, 0.1) is 6.92 Å². The summed E-state index contributed by atoms with van der Waals surface area (Å²) in [6.45, 7) is 4.68. The first-order chi connectivity index (χ1) is 14.0. The molecule has 1 fully saturated rings. The van der Waals surface area contributed by atoms with Crippen LogP contribution in [-0.4, -0.2) is 44.3 Å². The number of halogens is 1. The number of benzene rings is 2. The molecule has 0 atom stereocenters. The van der Waals surface area contributed by atoms with Gasteiger partial charge in [-0.15, -0.1) is 0 Å². The molecule has 1 N–H and O–H groups in total. The van der Waals surface area contributed by atoms with Crippen LogP contribution in [0.25, 0.3) is 10.9 Å². The maximum atomic E-state index is 13.1. The van der Waals surface area contributed by atoms with Crippen molar-refractivity contribution >= 4 is 39.8 Å². The maximum Gasteiger partial charge on any atom is 0.257 e. The first-order valence-electron chi connectivity index (χ1n) is 9.44. The molecule has 2 heterocycles. The third kappa shape index (κ3) is 4.13. The van der Waals surface area contributed by atoms with E-state index in [9.17, 15) is 4.79 Å². The van der Waals surface area contributed by atoms with E-state index in [0.717, 1.165) is 35.4 Å². The number of pyridine rings is 1. The van der Waals surface area contributed by atoms with Crippen LogP contribution in [0.15, 0.2) is 42.5 Å². The number of fused-ring (bicyclic) bond motifs is 1. The molecule has 0 radical (unpaired) electrons. The van der Waals surface area contributed by atoms with Gasteiger partial charge in [0.15, 0.2) is 0 Å². The summed E-state index contributed by atoms with van der Waals surface area (Å²) >= 11 is 6.21. The highest BCUT2D eigenvalue weighted by atomic mass is 35.5. The Morgan fingerprint density at radius 1 is 1.17 bits per heavy atom. The van der Waals surface area contributed by atoms with Crippen molar-refractivity contribution in [2.75, 3.05) is 43.6 Å². The predicted octanol–water partition coefficient (Wildman–Crippen LogP) is 4.29. The van der Waals surface area contributed by atoms with Gasteiger partial charge in [-0.25, -0.2) is 0 Å². The average Bonchev–Trinajstić information content (AvgIpc) is 2.73. The summed E-state index contributed by atoms with van der Waals surface area (Å²) < 4.78 is 10.7. The van der Waals surface area contributed by atoms with Crippen molar-refractivity contribution in [2.45, 2.75) is 6.92 Å². The summed E-state index contributed by atoms with van der Waals surface area (Å²) in [7, 11) is 1.61. The highest BCUT2D eigenvalue weighted by molar-refractivity contribution is 6.31. The molecule has 6 nitrogen and oxygen atoms in total. The molecular weight excluding hydrogens is 390 g/mol. The first kappa shape index (κ1) is 19.5. The molecule has 0 aliphatic carbocycles. The zero-order valence-electron chi connectivity index (χ0n) is 16.4. The van der Waals surface area contributed by atoms with Gasteiger partial charge in [0.05, 0.1) is 48.5 Å². The molecule has 3 aromatic rings. The lowest BCUT2D eigenvalue weighted by Crippen LogP contribution is -2.36. The number of ether oxygens (including phenoxy) is 2. The third-order valence-electron chi connectivity index (χ3n) is 5.02. The molecule has 7 heteroatoms. The van der Waals surface area contributed by atoms with E-state index in [4.69, 9.17) is 21.1 Å². The summed E-state index contributed by atoms with van der Waals surface area (Å²) in [5.41, 5.74) is 3.60. The Labute approximate surface area is 174 Å². The molecule has 4 rings (SSSR count). The van der Waals surface area contributed by atoms with E-state index in [0.29, 0.717) is 35.2 Å². The number of morpholine rings is 1. The van der Waals surface area contributed by atoms with Gasteiger partial charge in [0, 0.05) is 23.5 Å². The number of aromatic nitrogens is 1. The second kappa shape index (κ2) is 8.27. The zero-order valence-corrected chi connectivity index (χ0v) is 17.1. The molecule has 29 heavy (non-hydrogen) atoms. The molecule has 1 saturated heterocycles. The topological polar surface area (TPSA) is 63.7 Å². The van der Waals surface area contributed by atoms with Crippen LogP contribution < -0.4 is 15.0 Å². The summed E-state index contributed by atoms with van der Waals surface area (Å²) in [4.78, 5) is 19.9. The van der Waals surface area contributed by atoms with Crippen molar-refractivity contribution in [3.05, 3.63) is 58.7 Å². The Morgan fingerprint density at radius 3 is 2.72 bits per heavy atom. The Balaban J connectivity index is 1.67. The lowest BCUT2D eigenvalue weighted by molar-refractivity contribution is 0.102. The molecule has 1 aliphatic rings. The lowest BCUT2D eigenvalue weighted by atomic mass is 10.1. The summed E-state index contributed by atoms with van der Waals surface area (Å²) in [6, 6.07) is 13.0. The maximum absolute atomic E-state index is 13.1. The fourth-order valence-corrected chi connectivity index (χ4v) is 3.66. The van der Waals surface area contributed by atoms with Crippen molar-refractivity contribution in [1.82, 2.24) is 4.98 Å². The van der Waals surface area contributed by atoms with Gasteiger partial charge in [0.25, 0.3) is 5.91 Å². The molecular formula is C22H22ClN3O3. The number of carbonyl (C=O) groups is 1. The van der Waals surface area contributed by atoms with Crippen LogP contribution in [0.3, 0.4) is 0 Å². The van der Waals surface area contributed by atoms with Crippen LogP contribution in [-0.2, 0) is 4.74 Å². The van der Waals surface area contributed by atoms with Crippen molar-refractivity contribution in [1.29, 1.82) is 0 Å². The number of anilines is 2. The Bertz CT molecular complexity index is 1060. The van der Waals surface area contributed by atoms with E-state index in [1.165, 1.54) is 0 Å².